The maximum Gasteiger partial charge on any atom is 0.189 e. The second-order valence-corrected chi connectivity index (χ2v) is 24.5. The molecule has 0 bridgehead atoms. The zero-order valence-corrected chi connectivity index (χ0v) is 51.1. The van der Waals surface area contributed by atoms with Gasteiger partial charge in [-0.05, 0) is 275 Å². The molecule has 0 saturated heterocycles. The normalized spacial score (nSPS) is 11.7. The van der Waals surface area contributed by atoms with Crippen LogP contribution in [0, 0.1) is 104 Å². The summed E-state index contributed by atoms with van der Waals surface area (Å²) in [7, 11) is 0. The van der Waals surface area contributed by atoms with Gasteiger partial charge in [0.1, 0.15) is 0 Å². The first kappa shape index (κ1) is 53.8. The lowest BCUT2D eigenvalue weighted by Gasteiger charge is -2.21. The van der Waals surface area contributed by atoms with Crippen molar-refractivity contribution >= 4 is 49.3 Å². The number of aromatic nitrogens is 2. The Labute approximate surface area is 496 Å². The highest BCUT2D eigenvalue weighted by Crippen LogP contribution is 2.47. The van der Waals surface area contributed by atoms with E-state index >= 15 is 0 Å². The van der Waals surface area contributed by atoms with Gasteiger partial charge in [-0.15, -0.1) is 0 Å². The summed E-state index contributed by atoms with van der Waals surface area (Å²) in [4.78, 5) is 4.17. The molecule has 0 saturated carbocycles. The molecule has 0 radical (unpaired) electrons. The van der Waals surface area contributed by atoms with Gasteiger partial charge in [-0.3, -0.25) is 0 Å². The monoisotopic (exact) mass is 1090 g/mol. The van der Waals surface area contributed by atoms with Gasteiger partial charge in [-0.2, -0.15) is 0 Å². The van der Waals surface area contributed by atoms with Gasteiger partial charge in [0.05, 0.1) is 34.3 Å². The van der Waals surface area contributed by atoms with Gasteiger partial charge >= 0.3 is 0 Å². The SMILES string of the molecule is [C-]#[N+]c1ccc(-c2cc(-c3c(C)cccc3C)ccc2-n2c3ccc(-c4c(C)cc(C)cc4C)cc3c3cc(-c4c(C)cc(C)cc4C)ccc32)c(-n2c3ccc(-c4c(C)cc(C)cc4C)cc3c3cc(-c4c(C)cc(C)cc4C)ccc32)c1. The molecule has 0 N–H and O–H groups in total. The third-order valence-corrected chi connectivity index (χ3v) is 18.0. The van der Waals surface area contributed by atoms with Crippen molar-refractivity contribution in [2.75, 3.05) is 0 Å². The molecule has 0 aliphatic heterocycles. The summed E-state index contributed by atoms with van der Waals surface area (Å²) in [6.07, 6.45) is 0. The summed E-state index contributed by atoms with van der Waals surface area (Å²) in [5.41, 5.74) is 39.2. The molecule has 2 heterocycles. The summed E-state index contributed by atoms with van der Waals surface area (Å²) in [6.45, 7) is 39.7. The van der Waals surface area contributed by atoms with Gasteiger partial charge in [0, 0.05) is 38.4 Å². The van der Waals surface area contributed by atoms with E-state index < -0.39 is 0 Å². The van der Waals surface area contributed by atoms with Crippen molar-refractivity contribution in [1.82, 2.24) is 9.13 Å². The van der Waals surface area contributed by atoms with Crippen LogP contribution in [0.25, 0.3) is 127 Å². The summed E-state index contributed by atoms with van der Waals surface area (Å²) in [5, 5.41) is 4.74. The van der Waals surface area contributed by atoms with Gasteiger partial charge in [0.2, 0.25) is 0 Å². The average molecular weight is 1090 g/mol. The van der Waals surface area contributed by atoms with Crippen LogP contribution < -0.4 is 0 Å². The highest BCUT2D eigenvalue weighted by molar-refractivity contribution is 6.14. The smallest absolute Gasteiger partial charge is 0.189 e. The van der Waals surface area contributed by atoms with E-state index in [1.807, 2.05) is 6.07 Å². The molecule has 0 aliphatic carbocycles. The van der Waals surface area contributed by atoms with Crippen molar-refractivity contribution in [2.45, 2.75) is 96.9 Å². The number of fused-ring (bicyclic) bond motifs is 6. The quantitative estimate of drug-likeness (QED) is 0.135. The van der Waals surface area contributed by atoms with Crippen LogP contribution >= 0.6 is 0 Å². The lowest BCUT2D eigenvalue weighted by molar-refractivity contribution is 1.16. The number of nitrogens with zero attached hydrogens (tertiary/aromatic N) is 3. The van der Waals surface area contributed by atoms with Crippen molar-refractivity contribution < 1.29 is 0 Å². The van der Waals surface area contributed by atoms with Crippen molar-refractivity contribution in [3.8, 4) is 78.1 Å². The largest absolute Gasteiger partial charge is 0.310 e. The molecule has 0 atom stereocenters. The predicted molar refractivity (Wildman–Crippen MR) is 360 cm³/mol. The zero-order chi connectivity index (χ0) is 58.7. The molecule has 11 aromatic carbocycles. The van der Waals surface area contributed by atoms with E-state index in [-0.39, 0.29) is 0 Å². The van der Waals surface area contributed by atoms with Gasteiger partial charge in [0.25, 0.3) is 0 Å². The topological polar surface area (TPSA) is 14.2 Å². The standard InChI is InChI=1S/C81H71N3/c1-45-31-51(7)78(52(8)32-45)60-20-27-72-67(40-60)68-41-61(79-53(9)33-46(2)34-54(79)10)21-28-73(68)83(72)71-26-19-59(77-49(5)17-16-18-50(77)6)39-66(71)65-25-24-64(82-15)44-76(65)84-74-29-22-62(80-55(11)35-47(3)36-56(80)12)42-69(74)70-43-63(23-30-75(70)84)81-57(13)37-48(4)38-58(81)14/h16-44H,1-14H3. The molecule has 0 amide bonds. The molecule has 0 spiro atoms. The summed E-state index contributed by atoms with van der Waals surface area (Å²) in [5.74, 6) is 0. The fourth-order valence-electron chi connectivity index (χ4n) is 15.1. The maximum atomic E-state index is 8.60. The molecule has 0 aliphatic rings. The Morgan fingerprint density at radius 3 is 0.893 bits per heavy atom. The minimum atomic E-state index is 0.585. The van der Waals surface area contributed by atoms with Crippen LogP contribution in [-0.4, -0.2) is 9.13 Å². The molecule has 410 valence electrons. The molecule has 2 aromatic heterocycles. The van der Waals surface area contributed by atoms with E-state index in [4.69, 9.17) is 6.57 Å². The van der Waals surface area contributed by atoms with Crippen molar-refractivity contribution in [3.63, 3.8) is 0 Å². The Bertz CT molecular complexity index is 4660. The first-order valence-electron chi connectivity index (χ1n) is 29.6. The molecular weight excluding hydrogens is 1010 g/mol. The number of benzene rings is 11. The Morgan fingerprint density at radius 2 is 0.560 bits per heavy atom. The minimum Gasteiger partial charge on any atom is -0.310 e. The highest BCUT2D eigenvalue weighted by Gasteiger charge is 2.25. The van der Waals surface area contributed by atoms with E-state index in [2.05, 4.69) is 281 Å². The number of hydrogen-bond donors (Lipinski definition) is 0. The van der Waals surface area contributed by atoms with E-state index in [0.717, 1.165) is 50.1 Å². The Hall–Kier alpha value is -9.49. The fourth-order valence-corrected chi connectivity index (χ4v) is 15.1. The number of hydrogen-bond acceptors (Lipinski definition) is 0. The second-order valence-electron chi connectivity index (χ2n) is 24.5. The van der Waals surface area contributed by atoms with Gasteiger partial charge in [-0.1, -0.05) is 131 Å². The number of aryl methyl sites for hydroxylation is 14. The predicted octanol–water partition coefficient (Wildman–Crippen LogP) is 22.8. The Morgan fingerprint density at radius 1 is 0.262 bits per heavy atom. The number of rotatable bonds is 8. The van der Waals surface area contributed by atoms with E-state index in [1.54, 1.807) is 0 Å². The molecule has 13 rings (SSSR count). The molecule has 13 aromatic rings. The first-order valence-corrected chi connectivity index (χ1v) is 29.6. The maximum absolute atomic E-state index is 8.60. The summed E-state index contributed by atoms with van der Waals surface area (Å²) in [6, 6.07) is 66.9. The first-order chi connectivity index (χ1) is 40.3. The van der Waals surface area contributed by atoms with Crippen LogP contribution in [-0.2, 0) is 0 Å². The third kappa shape index (κ3) is 8.87. The van der Waals surface area contributed by atoms with Crippen molar-refractivity contribution in [3.05, 3.63) is 265 Å². The lowest BCUT2D eigenvalue weighted by Crippen LogP contribution is -2.02. The highest BCUT2D eigenvalue weighted by atomic mass is 15.0. The second kappa shape index (κ2) is 20.4. The Kier molecular flexibility index (Phi) is 13.1. The molecular formula is C81H71N3. The van der Waals surface area contributed by atoms with Crippen molar-refractivity contribution in [1.29, 1.82) is 0 Å². The molecule has 3 heteroatoms. The average Bonchev–Trinajstić information content (AvgIpc) is 1.81. The minimum absolute atomic E-state index is 0.585. The molecule has 0 unspecified atom stereocenters. The fraction of sp³-hybridized carbons (Fsp3) is 0.173. The van der Waals surface area contributed by atoms with E-state index in [1.165, 1.54) is 150 Å². The van der Waals surface area contributed by atoms with E-state index in [9.17, 15) is 0 Å². The van der Waals surface area contributed by atoms with Gasteiger partial charge in [0.15, 0.2) is 5.69 Å². The van der Waals surface area contributed by atoms with Crippen LogP contribution in [0.3, 0.4) is 0 Å². The molecule has 84 heavy (non-hydrogen) atoms. The van der Waals surface area contributed by atoms with Crippen LogP contribution in [0.5, 0.6) is 0 Å². The third-order valence-electron chi connectivity index (χ3n) is 18.0. The molecule has 3 nitrogen and oxygen atoms in total. The summed E-state index contributed by atoms with van der Waals surface area (Å²) >= 11 is 0. The van der Waals surface area contributed by atoms with Crippen LogP contribution in [0.15, 0.2) is 176 Å². The van der Waals surface area contributed by atoms with E-state index in [0.29, 0.717) is 5.69 Å². The summed E-state index contributed by atoms with van der Waals surface area (Å²) < 4.78 is 4.96. The zero-order valence-electron chi connectivity index (χ0n) is 51.1. The van der Waals surface area contributed by atoms with Gasteiger partial charge in [-0.25, -0.2) is 4.85 Å². The van der Waals surface area contributed by atoms with Crippen LogP contribution in [0.2, 0.25) is 0 Å². The Balaban J connectivity index is 1.14. The van der Waals surface area contributed by atoms with Gasteiger partial charge < -0.3 is 9.13 Å². The van der Waals surface area contributed by atoms with Crippen LogP contribution in [0.1, 0.15) is 77.9 Å². The lowest BCUT2D eigenvalue weighted by atomic mass is 9.91. The van der Waals surface area contributed by atoms with Crippen LogP contribution in [0.4, 0.5) is 5.69 Å². The molecule has 0 fully saturated rings. The van der Waals surface area contributed by atoms with Crippen molar-refractivity contribution in [2.24, 2.45) is 0 Å².